The normalized spacial score (nSPS) is 13.1. The summed E-state index contributed by atoms with van der Waals surface area (Å²) < 4.78 is -0.279. The van der Waals surface area contributed by atoms with Crippen molar-refractivity contribution < 1.29 is 14.8 Å². The Morgan fingerprint density at radius 1 is 1.33 bits per heavy atom. The molecule has 1 aromatic carbocycles. The van der Waals surface area contributed by atoms with Crippen LogP contribution in [0.15, 0.2) is 24.3 Å². The molecule has 0 bridgehead atoms. The van der Waals surface area contributed by atoms with Crippen LogP contribution in [0.2, 0.25) is 0 Å². The molecule has 0 aliphatic heterocycles. The first-order chi connectivity index (χ1) is 8.20. The van der Waals surface area contributed by atoms with Crippen molar-refractivity contribution in [1.29, 1.82) is 0 Å². The average molecular weight is 269 g/mol. The summed E-state index contributed by atoms with van der Waals surface area (Å²) in [7, 11) is 0. The third-order valence-corrected chi connectivity index (χ3v) is 3.09. The zero-order chi connectivity index (χ0) is 13.9. The highest BCUT2D eigenvalue weighted by Gasteiger charge is 2.24. The summed E-state index contributed by atoms with van der Waals surface area (Å²) >= 11 is 1.05. The van der Waals surface area contributed by atoms with Crippen LogP contribution >= 0.6 is 11.8 Å². The molecule has 0 heterocycles. The summed E-state index contributed by atoms with van der Waals surface area (Å²) in [5.41, 5.74) is 0.296. The van der Waals surface area contributed by atoms with Gasteiger partial charge < -0.3 is 5.11 Å². The molecule has 6 heteroatoms. The Balaban J connectivity index is 2.81. The van der Waals surface area contributed by atoms with Gasteiger partial charge in [0.2, 0.25) is 5.12 Å². The van der Waals surface area contributed by atoms with E-state index in [4.69, 9.17) is 0 Å². The van der Waals surface area contributed by atoms with E-state index < -0.39 is 11.0 Å². The van der Waals surface area contributed by atoms with Gasteiger partial charge in [-0.3, -0.25) is 14.9 Å². The number of benzene rings is 1. The largest absolute Gasteiger partial charge is 0.380 e. The Kier molecular flexibility index (Phi) is 4.48. The van der Waals surface area contributed by atoms with Gasteiger partial charge in [0.25, 0.3) is 5.69 Å². The highest BCUT2D eigenvalue weighted by atomic mass is 32.2. The number of carbonyl (C=O) groups excluding carboxylic acids is 1. The number of aliphatic hydroxyl groups excluding tert-OH is 1. The summed E-state index contributed by atoms with van der Waals surface area (Å²) in [5, 5.41) is 20.0. The fourth-order valence-electron chi connectivity index (χ4n) is 1.27. The Labute approximate surface area is 109 Å². The number of hydrogen-bond donors (Lipinski definition) is 1. The molecule has 1 aromatic rings. The van der Waals surface area contributed by atoms with Gasteiger partial charge >= 0.3 is 0 Å². The highest BCUT2D eigenvalue weighted by molar-refractivity contribution is 8.14. The smallest absolute Gasteiger partial charge is 0.269 e. The van der Waals surface area contributed by atoms with Crippen molar-refractivity contribution in [2.24, 2.45) is 0 Å². The van der Waals surface area contributed by atoms with E-state index in [-0.39, 0.29) is 15.5 Å². The topological polar surface area (TPSA) is 80.4 Å². The van der Waals surface area contributed by atoms with Crippen LogP contribution in [-0.4, -0.2) is 19.9 Å². The molecule has 0 saturated heterocycles. The minimum absolute atomic E-state index is 0.0677. The summed E-state index contributed by atoms with van der Waals surface area (Å²) in [5.74, 6) is 0. The molecule has 98 valence electrons. The van der Waals surface area contributed by atoms with Crippen molar-refractivity contribution in [3.8, 4) is 0 Å². The van der Waals surface area contributed by atoms with Crippen LogP contribution in [0.3, 0.4) is 0 Å². The molecule has 0 aromatic heterocycles. The number of nitrogens with zero attached hydrogens (tertiary/aromatic N) is 1. The number of nitro benzene ring substituents is 1. The Hall–Kier alpha value is -1.40. The van der Waals surface area contributed by atoms with Crippen LogP contribution in [0.1, 0.15) is 32.4 Å². The van der Waals surface area contributed by atoms with Crippen LogP contribution in [0, 0.1) is 10.1 Å². The van der Waals surface area contributed by atoms with Gasteiger partial charge in [-0.1, -0.05) is 32.5 Å². The predicted octanol–water partition coefficient (Wildman–Crippen LogP) is 2.69. The lowest BCUT2D eigenvalue weighted by Crippen LogP contribution is -2.17. The summed E-state index contributed by atoms with van der Waals surface area (Å²) in [6.07, 6.45) is -1.25. The van der Waals surface area contributed by atoms with E-state index in [2.05, 4.69) is 0 Å². The van der Waals surface area contributed by atoms with E-state index in [1.807, 2.05) is 20.8 Å². The zero-order valence-electron chi connectivity index (χ0n) is 10.4. The third kappa shape index (κ3) is 4.12. The molecule has 0 unspecified atom stereocenters. The highest BCUT2D eigenvalue weighted by Crippen LogP contribution is 2.30. The van der Waals surface area contributed by atoms with Crippen molar-refractivity contribution in [3.05, 3.63) is 39.9 Å². The third-order valence-electron chi connectivity index (χ3n) is 2.05. The van der Waals surface area contributed by atoms with Gasteiger partial charge in [0.15, 0.2) is 0 Å². The van der Waals surface area contributed by atoms with E-state index in [0.717, 1.165) is 11.8 Å². The van der Waals surface area contributed by atoms with Gasteiger partial charge in [-0.2, -0.15) is 0 Å². The van der Waals surface area contributed by atoms with Crippen molar-refractivity contribution >= 4 is 22.6 Å². The molecule has 0 saturated carbocycles. The molecule has 18 heavy (non-hydrogen) atoms. The van der Waals surface area contributed by atoms with Gasteiger partial charge in [0.05, 0.1) is 4.92 Å². The van der Waals surface area contributed by atoms with E-state index in [0.29, 0.717) is 5.56 Å². The first kappa shape index (κ1) is 14.7. The molecular weight excluding hydrogens is 254 g/mol. The number of rotatable bonds is 3. The van der Waals surface area contributed by atoms with Gasteiger partial charge in [-0.25, -0.2) is 0 Å². The van der Waals surface area contributed by atoms with Crippen LogP contribution in [0.25, 0.3) is 0 Å². The number of thioether (sulfide) groups is 1. The molecule has 0 spiro atoms. The number of carbonyl (C=O) groups is 1. The average Bonchev–Trinajstić information content (AvgIpc) is 2.26. The maximum Gasteiger partial charge on any atom is 0.269 e. The van der Waals surface area contributed by atoms with Crippen molar-refractivity contribution in [2.75, 3.05) is 0 Å². The van der Waals surface area contributed by atoms with Gasteiger partial charge in [0, 0.05) is 16.9 Å². The minimum Gasteiger partial charge on any atom is -0.380 e. The van der Waals surface area contributed by atoms with Gasteiger partial charge in [-0.05, 0) is 17.7 Å². The first-order valence-electron chi connectivity index (χ1n) is 5.36. The lowest BCUT2D eigenvalue weighted by Gasteiger charge is -2.18. The maximum absolute atomic E-state index is 11.8. The summed E-state index contributed by atoms with van der Waals surface area (Å²) in [4.78, 5) is 21.7. The molecule has 0 aliphatic carbocycles. The van der Waals surface area contributed by atoms with E-state index >= 15 is 0 Å². The van der Waals surface area contributed by atoms with Crippen molar-refractivity contribution in [3.63, 3.8) is 0 Å². The molecule has 0 amide bonds. The van der Waals surface area contributed by atoms with Crippen LogP contribution in [0.4, 0.5) is 5.69 Å². The van der Waals surface area contributed by atoms with Gasteiger partial charge in [-0.15, -0.1) is 0 Å². The summed E-state index contributed by atoms with van der Waals surface area (Å²) in [6.45, 7) is 5.62. The molecule has 0 aliphatic rings. The van der Waals surface area contributed by atoms with Crippen molar-refractivity contribution in [1.82, 2.24) is 0 Å². The van der Waals surface area contributed by atoms with E-state index in [9.17, 15) is 20.0 Å². The quantitative estimate of drug-likeness (QED) is 0.674. The monoisotopic (exact) mass is 269 g/mol. The first-order valence-corrected chi connectivity index (χ1v) is 6.17. The minimum atomic E-state index is -1.25. The van der Waals surface area contributed by atoms with Crippen LogP contribution in [-0.2, 0) is 4.79 Å². The molecular formula is C12H15NO4S. The predicted molar refractivity (Wildman–Crippen MR) is 70.4 cm³/mol. The maximum atomic E-state index is 11.8. The Morgan fingerprint density at radius 3 is 2.22 bits per heavy atom. The second-order valence-corrected chi connectivity index (χ2v) is 6.62. The molecule has 5 nitrogen and oxygen atoms in total. The molecule has 0 radical (unpaired) electrons. The van der Waals surface area contributed by atoms with Crippen LogP contribution < -0.4 is 0 Å². The Bertz CT molecular complexity index is 450. The fourth-order valence-corrected chi connectivity index (χ4v) is 2.12. The number of non-ortho nitro benzene ring substituents is 1. The lowest BCUT2D eigenvalue weighted by molar-refractivity contribution is -0.384. The van der Waals surface area contributed by atoms with Crippen molar-refractivity contribution in [2.45, 2.75) is 31.6 Å². The molecule has 1 rings (SSSR count). The Morgan fingerprint density at radius 2 is 1.83 bits per heavy atom. The summed E-state index contributed by atoms with van der Waals surface area (Å²) in [6, 6.07) is 5.33. The lowest BCUT2D eigenvalue weighted by atomic mass is 10.1. The fraction of sp³-hybridized carbons (Fsp3) is 0.417. The number of aliphatic hydroxyl groups is 1. The second-order valence-electron chi connectivity index (χ2n) is 4.78. The molecule has 1 N–H and O–H groups in total. The molecule has 0 fully saturated rings. The molecule has 1 atom stereocenters. The number of nitro groups is 1. The van der Waals surface area contributed by atoms with Gasteiger partial charge in [0.1, 0.15) is 6.10 Å². The zero-order valence-corrected chi connectivity index (χ0v) is 11.2. The standard InChI is InChI=1S/C12H15NO4S/c1-12(2,3)18-11(15)10(14)8-4-6-9(7-5-8)13(16)17/h4-7,10,14H,1-3H3/t10-/m1/s1. The van der Waals surface area contributed by atoms with E-state index in [1.54, 1.807) is 0 Å². The SMILES string of the molecule is CC(C)(C)SC(=O)[C@H](O)c1ccc([N+](=O)[O-])cc1. The van der Waals surface area contributed by atoms with Crippen LogP contribution in [0.5, 0.6) is 0 Å². The van der Waals surface area contributed by atoms with E-state index in [1.165, 1.54) is 24.3 Å². The number of hydrogen-bond acceptors (Lipinski definition) is 5. The second kappa shape index (κ2) is 5.49.